The highest BCUT2D eigenvalue weighted by Crippen LogP contribution is 2.39. The van der Waals surface area contributed by atoms with Crippen molar-refractivity contribution in [1.29, 1.82) is 0 Å². The van der Waals surface area contributed by atoms with Crippen LogP contribution in [0.15, 0.2) is 16.6 Å². The largest absolute Gasteiger partial charge is 0.490 e. The normalized spacial score (nSPS) is 15.9. The molecule has 1 aliphatic rings. The summed E-state index contributed by atoms with van der Waals surface area (Å²) in [4.78, 5) is 2.14. The summed E-state index contributed by atoms with van der Waals surface area (Å²) in [6.07, 6.45) is 0.901. The summed E-state index contributed by atoms with van der Waals surface area (Å²) in [6.45, 7) is 3.78. The van der Waals surface area contributed by atoms with Gasteiger partial charge in [0, 0.05) is 32.1 Å². The van der Waals surface area contributed by atoms with Crippen LogP contribution in [0.1, 0.15) is 18.0 Å². The maximum Gasteiger partial charge on any atom is 0.175 e. The molecule has 0 saturated heterocycles. The van der Waals surface area contributed by atoms with Crippen LogP contribution in [0.4, 0.5) is 0 Å². The van der Waals surface area contributed by atoms with E-state index in [4.69, 9.17) is 15.2 Å². The highest BCUT2D eigenvalue weighted by atomic mass is 79.9. The van der Waals surface area contributed by atoms with Crippen LogP contribution in [-0.2, 0) is 0 Å². The van der Waals surface area contributed by atoms with Gasteiger partial charge in [0.1, 0.15) is 0 Å². The highest BCUT2D eigenvalue weighted by molar-refractivity contribution is 9.10. The number of nitrogens with zero attached hydrogens (tertiary/aromatic N) is 1. The van der Waals surface area contributed by atoms with Crippen LogP contribution < -0.4 is 20.5 Å². The first kappa shape index (κ1) is 16.5. The Bertz CT molecular complexity index is 468. The molecule has 1 unspecified atom stereocenters. The van der Waals surface area contributed by atoms with E-state index in [2.05, 4.69) is 46.3 Å². The standard InChI is InChI=1S/C15H24BrN3O2/c1-19(2)5-4-18-13(10-17)11-8-12(16)15-14(9-11)20-6-3-7-21-15/h8-9,13,18H,3-7,10,17H2,1-2H3. The maximum absolute atomic E-state index is 5.92. The second kappa shape index (κ2) is 7.98. The van der Waals surface area contributed by atoms with E-state index in [-0.39, 0.29) is 6.04 Å². The molecule has 21 heavy (non-hydrogen) atoms. The molecule has 1 aromatic rings. The third-order valence-electron chi connectivity index (χ3n) is 3.41. The first-order chi connectivity index (χ1) is 10.1. The Balaban J connectivity index is 2.14. The molecule has 0 radical (unpaired) electrons. The molecule has 6 heteroatoms. The van der Waals surface area contributed by atoms with Crippen molar-refractivity contribution in [3.05, 3.63) is 22.2 Å². The number of nitrogens with one attached hydrogen (secondary N) is 1. The molecule has 0 aliphatic carbocycles. The Kier molecular flexibility index (Phi) is 6.29. The van der Waals surface area contributed by atoms with E-state index in [1.54, 1.807) is 0 Å². The molecule has 118 valence electrons. The lowest BCUT2D eigenvalue weighted by Crippen LogP contribution is -2.33. The Hall–Kier alpha value is -0.820. The third kappa shape index (κ3) is 4.57. The first-order valence-corrected chi connectivity index (χ1v) is 8.08. The predicted molar refractivity (Wildman–Crippen MR) is 88.1 cm³/mol. The van der Waals surface area contributed by atoms with Crippen LogP contribution in [0.25, 0.3) is 0 Å². The molecule has 1 aromatic carbocycles. The van der Waals surface area contributed by atoms with Gasteiger partial charge in [0.05, 0.1) is 17.7 Å². The van der Waals surface area contributed by atoms with E-state index in [0.29, 0.717) is 19.8 Å². The quantitative estimate of drug-likeness (QED) is 0.812. The minimum atomic E-state index is 0.110. The summed E-state index contributed by atoms with van der Waals surface area (Å²) in [5.74, 6) is 1.59. The average Bonchev–Trinajstić information content (AvgIpc) is 2.69. The fourth-order valence-electron chi connectivity index (χ4n) is 2.25. The number of hydrogen-bond donors (Lipinski definition) is 2. The molecule has 0 spiro atoms. The van der Waals surface area contributed by atoms with Crippen LogP contribution in [0.5, 0.6) is 11.5 Å². The van der Waals surface area contributed by atoms with Crippen molar-refractivity contribution in [2.45, 2.75) is 12.5 Å². The van der Waals surface area contributed by atoms with Gasteiger partial charge in [0.15, 0.2) is 11.5 Å². The summed E-state index contributed by atoms with van der Waals surface area (Å²) in [7, 11) is 4.12. The van der Waals surface area contributed by atoms with E-state index in [0.717, 1.165) is 41.0 Å². The monoisotopic (exact) mass is 357 g/mol. The number of likely N-dealkylation sites (N-methyl/N-ethyl adjacent to an activating group) is 1. The fourth-order valence-corrected chi connectivity index (χ4v) is 2.83. The smallest absolute Gasteiger partial charge is 0.175 e. The van der Waals surface area contributed by atoms with E-state index in [1.165, 1.54) is 0 Å². The Labute approximate surface area is 134 Å². The molecule has 0 saturated carbocycles. The van der Waals surface area contributed by atoms with Gasteiger partial charge in [-0.15, -0.1) is 0 Å². The van der Waals surface area contributed by atoms with Gasteiger partial charge in [0.25, 0.3) is 0 Å². The summed E-state index contributed by atoms with van der Waals surface area (Å²) < 4.78 is 12.4. The first-order valence-electron chi connectivity index (χ1n) is 7.29. The lowest BCUT2D eigenvalue weighted by atomic mass is 10.1. The average molecular weight is 358 g/mol. The van der Waals surface area contributed by atoms with Gasteiger partial charge in [0.2, 0.25) is 0 Å². The van der Waals surface area contributed by atoms with Crippen LogP contribution in [0, 0.1) is 0 Å². The molecule has 3 N–H and O–H groups in total. The Morgan fingerprint density at radius 1 is 1.33 bits per heavy atom. The maximum atomic E-state index is 5.92. The van der Waals surface area contributed by atoms with E-state index >= 15 is 0 Å². The molecular weight excluding hydrogens is 334 g/mol. The molecule has 1 heterocycles. The van der Waals surface area contributed by atoms with Gasteiger partial charge in [-0.05, 0) is 47.7 Å². The fraction of sp³-hybridized carbons (Fsp3) is 0.600. The molecule has 5 nitrogen and oxygen atoms in total. The second-order valence-corrected chi connectivity index (χ2v) is 6.28. The Morgan fingerprint density at radius 3 is 2.81 bits per heavy atom. The van der Waals surface area contributed by atoms with Crippen molar-refractivity contribution in [2.75, 3.05) is 46.9 Å². The van der Waals surface area contributed by atoms with Crippen molar-refractivity contribution in [3.63, 3.8) is 0 Å². The summed E-state index contributed by atoms with van der Waals surface area (Å²) in [6, 6.07) is 4.21. The zero-order valence-corrected chi connectivity index (χ0v) is 14.3. The van der Waals surface area contributed by atoms with Gasteiger partial charge in [-0.1, -0.05) is 0 Å². The summed E-state index contributed by atoms with van der Waals surface area (Å²) >= 11 is 3.57. The minimum absolute atomic E-state index is 0.110. The van der Waals surface area contributed by atoms with Crippen LogP contribution in [-0.4, -0.2) is 51.8 Å². The van der Waals surface area contributed by atoms with Gasteiger partial charge in [-0.25, -0.2) is 0 Å². The van der Waals surface area contributed by atoms with E-state index < -0.39 is 0 Å². The SMILES string of the molecule is CN(C)CCNC(CN)c1cc(Br)c2c(c1)OCCCO2. The molecule has 1 aliphatic heterocycles. The number of benzene rings is 1. The number of rotatable bonds is 6. The molecular formula is C15H24BrN3O2. The van der Waals surface area contributed by atoms with E-state index in [1.807, 2.05) is 6.07 Å². The van der Waals surface area contributed by atoms with Gasteiger partial charge in [-0.2, -0.15) is 0 Å². The molecule has 0 amide bonds. The second-order valence-electron chi connectivity index (χ2n) is 5.43. The third-order valence-corrected chi connectivity index (χ3v) is 4.00. The molecule has 1 atom stereocenters. The predicted octanol–water partition coefficient (Wildman–Crippen LogP) is 1.76. The number of halogens is 1. The number of hydrogen-bond acceptors (Lipinski definition) is 5. The zero-order valence-electron chi connectivity index (χ0n) is 12.7. The van der Waals surface area contributed by atoms with Gasteiger partial charge >= 0.3 is 0 Å². The highest BCUT2D eigenvalue weighted by Gasteiger charge is 2.18. The van der Waals surface area contributed by atoms with E-state index in [9.17, 15) is 0 Å². The number of fused-ring (bicyclic) bond motifs is 1. The van der Waals surface area contributed by atoms with Crippen molar-refractivity contribution in [1.82, 2.24) is 10.2 Å². The van der Waals surface area contributed by atoms with Crippen LogP contribution in [0.2, 0.25) is 0 Å². The van der Waals surface area contributed by atoms with Crippen molar-refractivity contribution in [2.24, 2.45) is 5.73 Å². The van der Waals surface area contributed by atoms with Crippen LogP contribution >= 0.6 is 15.9 Å². The molecule has 0 fully saturated rings. The van der Waals surface area contributed by atoms with Gasteiger partial charge < -0.3 is 25.4 Å². The summed E-state index contributed by atoms with van der Waals surface area (Å²) in [5.41, 5.74) is 7.03. The lowest BCUT2D eigenvalue weighted by Gasteiger charge is -2.21. The Morgan fingerprint density at radius 2 is 2.10 bits per heavy atom. The van der Waals surface area contributed by atoms with Crippen LogP contribution in [0.3, 0.4) is 0 Å². The molecule has 2 rings (SSSR count). The van der Waals surface area contributed by atoms with Crippen molar-refractivity contribution >= 4 is 15.9 Å². The van der Waals surface area contributed by atoms with Crippen molar-refractivity contribution < 1.29 is 9.47 Å². The zero-order chi connectivity index (χ0) is 15.2. The molecule has 0 aromatic heterocycles. The lowest BCUT2D eigenvalue weighted by molar-refractivity contribution is 0.296. The topological polar surface area (TPSA) is 59.8 Å². The number of nitrogens with two attached hydrogens (primary N) is 1. The number of ether oxygens (including phenoxy) is 2. The molecule has 0 bridgehead atoms. The summed E-state index contributed by atoms with van der Waals surface area (Å²) in [5, 5.41) is 3.48. The minimum Gasteiger partial charge on any atom is -0.490 e. The van der Waals surface area contributed by atoms with Crippen molar-refractivity contribution in [3.8, 4) is 11.5 Å². The van der Waals surface area contributed by atoms with Gasteiger partial charge in [-0.3, -0.25) is 0 Å².